The molecule has 25 heavy (non-hydrogen) atoms. The Morgan fingerprint density at radius 2 is 2.16 bits per heavy atom. The number of hydrogen-bond acceptors (Lipinski definition) is 3. The molecule has 1 amide bonds. The summed E-state index contributed by atoms with van der Waals surface area (Å²) in [5.41, 5.74) is 1.86. The lowest BCUT2D eigenvalue weighted by molar-refractivity contribution is 0.0949. The van der Waals surface area contributed by atoms with Crippen molar-refractivity contribution >= 4 is 16.7 Å². The molecule has 1 aliphatic heterocycles. The van der Waals surface area contributed by atoms with Crippen LogP contribution in [0.5, 0.6) is 0 Å². The molecule has 1 saturated heterocycles. The third-order valence-electron chi connectivity index (χ3n) is 4.76. The summed E-state index contributed by atoms with van der Waals surface area (Å²) in [4.78, 5) is 12.5. The molecule has 5 nitrogen and oxygen atoms in total. The summed E-state index contributed by atoms with van der Waals surface area (Å²) in [6, 6.07) is 10.9. The minimum absolute atomic E-state index is 0.142. The van der Waals surface area contributed by atoms with Crippen molar-refractivity contribution in [3.05, 3.63) is 65.2 Å². The lowest BCUT2D eigenvalue weighted by Crippen LogP contribution is -2.24. The molecule has 1 fully saturated rings. The van der Waals surface area contributed by atoms with Gasteiger partial charge in [-0.1, -0.05) is 36.4 Å². The SMILES string of the molecule is O=C(NCc1ccc2ccccc2c1F)c1cn[nH]c1C1CCNC1. The van der Waals surface area contributed by atoms with Crippen LogP contribution in [-0.4, -0.2) is 29.2 Å². The van der Waals surface area contributed by atoms with Crippen molar-refractivity contribution in [2.45, 2.75) is 18.9 Å². The molecule has 3 aromatic rings. The topological polar surface area (TPSA) is 69.8 Å². The highest BCUT2D eigenvalue weighted by Gasteiger charge is 2.24. The molecule has 2 heterocycles. The molecule has 128 valence electrons. The third-order valence-corrected chi connectivity index (χ3v) is 4.76. The van der Waals surface area contributed by atoms with Gasteiger partial charge in [0, 0.05) is 30.0 Å². The number of nitrogens with zero attached hydrogens (tertiary/aromatic N) is 1. The first kappa shape index (κ1) is 15.8. The van der Waals surface area contributed by atoms with Gasteiger partial charge in [0.1, 0.15) is 5.82 Å². The second-order valence-electron chi connectivity index (χ2n) is 6.33. The van der Waals surface area contributed by atoms with Crippen molar-refractivity contribution in [2.75, 3.05) is 13.1 Å². The molecule has 0 spiro atoms. The number of hydrogen-bond donors (Lipinski definition) is 3. The van der Waals surface area contributed by atoms with Gasteiger partial charge < -0.3 is 10.6 Å². The molecule has 3 N–H and O–H groups in total. The van der Waals surface area contributed by atoms with Gasteiger partial charge in [-0.15, -0.1) is 0 Å². The van der Waals surface area contributed by atoms with E-state index in [4.69, 9.17) is 0 Å². The number of amides is 1. The largest absolute Gasteiger partial charge is 0.348 e. The summed E-state index contributed by atoms with van der Waals surface area (Å²) >= 11 is 0. The summed E-state index contributed by atoms with van der Waals surface area (Å²) in [5.74, 6) is -0.255. The van der Waals surface area contributed by atoms with Crippen molar-refractivity contribution in [1.29, 1.82) is 0 Å². The Morgan fingerprint density at radius 1 is 1.28 bits per heavy atom. The summed E-state index contributed by atoms with van der Waals surface area (Å²) in [6.45, 7) is 1.91. The smallest absolute Gasteiger partial charge is 0.255 e. The number of carbonyl (C=O) groups excluding carboxylic acids is 1. The normalized spacial score (nSPS) is 17.1. The fraction of sp³-hybridized carbons (Fsp3) is 0.263. The Labute approximate surface area is 144 Å². The van der Waals surface area contributed by atoms with Crippen LogP contribution in [0, 0.1) is 5.82 Å². The lowest BCUT2D eigenvalue weighted by Gasteiger charge is -2.11. The van der Waals surface area contributed by atoms with Crippen molar-refractivity contribution in [3.8, 4) is 0 Å². The second kappa shape index (κ2) is 6.64. The zero-order valence-electron chi connectivity index (χ0n) is 13.7. The molecule has 2 aromatic carbocycles. The number of fused-ring (bicyclic) bond motifs is 1. The standard InChI is InChI=1S/C19H19FN4O/c20-17-13(6-5-12-3-1-2-4-15(12)17)10-22-19(25)16-11-23-24-18(16)14-7-8-21-9-14/h1-6,11,14,21H,7-10H2,(H,22,25)(H,23,24). The Bertz CT molecular complexity index is 915. The molecule has 0 radical (unpaired) electrons. The van der Waals surface area contributed by atoms with E-state index >= 15 is 0 Å². The van der Waals surface area contributed by atoms with Crippen LogP contribution in [0.3, 0.4) is 0 Å². The second-order valence-corrected chi connectivity index (χ2v) is 6.33. The summed E-state index contributed by atoms with van der Waals surface area (Å²) < 4.78 is 14.6. The number of halogens is 1. The van der Waals surface area contributed by atoms with Crippen LogP contribution in [0.2, 0.25) is 0 Å². The van der Waals surface area contributed by atoms with E-state index in [-0.39, 0.29) is 24.2 Å². The minimum atomic E-state index is -0.286. The zero-order chi connectivity index (χ0) is 17.2. The van der Waals surface area contributed by atoms with E-state index in [2.05, 4.69) is 20.8 Å². The summed E-state index contributed by atoms with van der Waals surface area (Å²) in [5, 5.41) is 14.5. The van der Waals surface area contributed by atoms with E-state index in [0.29, 0.717) is 16.5 Å². The molecule has 4 rings (SSSR count). The van der Waals surface area contributed by atoms with Crippen LogP contribution in [0.4, 0.5) is 4.39 Å². The summed E-state index contributed by atoms with van der Waals surface area (Å²) in [6.07, 6.45) is 2.52. The zero-order valence-corrected chi connectivity index (χ0v) is 13.7. The van der Waals surface area contributed by atoms with Gasteiger partial charge in [-0.3, -0.25) is 9.89 Å². The third kappa shape index (κ3) is 3.00. The van der Waals surface area contributed by atoms with Gasteiger partial charge in [0.2, 0.25) is 0 Å². The predicted octanol–water partition coefficient (Wildman–Crippen LogP) is 2.71. The maximum absolute atomic E-state index is 14.6. The first-order valence-electron chi connectivity index (χ1n) is 8.42. The van der Waals surface area contributed by atoms with E-state index < -0.39 is 0 Å². The van der Waals surface area contributed by atoms with Crippen molar-refractivity contribution < 1.29 is 9.18 Å². The number of rotatable bonds is 4. The van der Waals surface area contributed by atoms with Crippen LogP contribution in [-0.2, 0) is 6.54 Å². The number of carbonyl (C=O) groups is 1. The first-order valence-corrected chi connectivity index (χ1v) is 8.42. The molecular formula is C19H19FN4O. The molecule has 0 aliphatic carbocycles. The van der Waals surface area contributed by atoms with Gasteiger partial charge >= 0.3 is 0 Å². The fourth-order valence-corrected chi connectivity index (χ4v) is 3.38. The van der Waals surface area contributed by atoms with E-state index in [1.165, 1.54) is 0 Å². The molecule has 6 heteroatoms. The van der Waals surface area contributed by atoms with Gasteiger partial charge in [-0.25, -0.2) is 4.39 Å². The van der Waals surface area contributed by atoms with Crippen LogP contribution in [0.15, 0.2) is 42.6 Å². The maximum Gasteiger partial charge on any atom is 0.255 e. The molecule has 1 aromatic heterocycles. The average molecular weight is 338 g/mol. The monoisotopic (exact) mass is 338 g/mol. The van der Waals surface area contributed by atoms with E-state index in [1.54, 1.807) is 24.4 Å². The predicted molar refractivity (Wildman–Crippen MR) is 93.9 cm³/mol. The number of nitrogens with one attached hydrogen (secondary N) is 3. The summed E-state index contributed by atoms with van der Waals surface area (Å²) in [7, 11) is 0. The molecule has 0 saturated carbocycles. The van der Waals surface area contributed by atoms with Gasteiger partial charge in [0.15, 0.2) is 0 Å². The Hall–Kier alpha value is -2.73. The number of aromatic amines is 1. The van der Waals surface area contributed by atoms with Crippen molar-refractivity contribution in [1.82, 2.24) is 20.8 Å². The molecule has 1 aliphatic rings. The van der Waals surface area contributed by atoms with Crippen LogP contribution in [0.25, 0.3) is 10.8 Å². The Balaban J connectivity index is 1.51. The highest BCUT2D eigenvalue weighted by Crippen LogP contribution is 2.24. The quantitative estimate of drug-likeness (QED) is 0.685. The lowest BCUT2D eigenvalue weighted by atomic mass is 10.0. The Kier molecular flexibility index (Phi) is 4.19. The number of benzene rings is 2. The number of H-pyrrole nitrogens is 1. The van der Waals surface area contributed by atoms with E-state index in [1.807, 2.05) is 18.2 Å². The minimum Gasteiger partial charge on any atom is -0.348 e. The number of aromatic nitrogens is 2. The average Bonchev–Trinajstić information content (AvgIpc) is 3.32. The molecule has 1 atom stereocenters. The van der Waals surface area contributed by atoms with Crippen molar-refractivity contribution in [2.24, 2.45) is 0 Å². The van der Waals surface area contributed by atoms with E-state index in [0.717, 1.165) is 30.6 Å². The fourth-order valence-electron chi connectivity index (χ4n) is 3.38. The highest BCUT2D eigenvalue weighted by atomic mass is 19.1. The highest BCUT2D eigenvalue weighted by molar-refractivity contribution is 5.95. The van der Waals surface area contributed by atoms with Crippen LogP contribution >= 0.6 is 0 Å². The van der Waals surface area contributed by atoms with E-state index in [9.17, 15) is 9.18 Å². The Morgan fingerprint density at radius 3 is 3.00 bits per heavy atom. The van der Waals surface area contributed by atoms with Gasteiger partial charge in [-0.2, -0.15) is 5.10 Å². The maximum atomic E-state index is 14.6. The molecule has 1 unspecified atom stereocenters. The van der Waals surface area contributed by atoms with Crippen LogP contribution < -0.4 is 10.6 Å². The van der Waals surface area contributed by atoms with Gasteiger partial charge in [-0.05, 0) is 18.4 Å². The molecule has 0 bridgehead atoms. The first-order chi connectivity index (χ1) is 12.2. The molecular weight excluding hydrogens is 319 g/mol. The van der Waals surface area contributed by atoms with Gasteiger partial charge in [0.25, 0.3) is 5.91 Å². The van der Waals surface area contributed by atoms with Crippen molar-refractivity contribution in [3.63, 3.8) is 0 Å². The van der Waals surface area contributed by atoms with Crippen LogP contribution in [0.1, 0.15) is 34.0 Å². The van der Waals surface area contributed by atoms with Gasteiger partial charge in [0.05, 0.1) is 17.5 Å².